The number of hydrogen-bond acceptors (Lipinski definition) is 3. The van der Waals surface area contributed by atoms with Crippen molar-refractivity contribution >= 4 is 0 Å². The third kappa shape index (κ3) is 3.16. The highest BCUT2D eigenvalue weighted by Gasteiger charge is 2.37. The van der Waals surface area contributed by atoms with Gasteiger partial charge in [0.05, 0.1) is 6.61 Å². The van der Waals surface area contributed by atoms with Crippen LogP contribution in [0.15, 0.2) is 30.3 Å². The number of ether oxygens (including phenoxy) is 1. The fraction of sp³-hybridized carbons (Fsp3) is 0.625. The minimum absolute atomic E-state index is 0.492. The van der Waals surface area contributed by atoms with Crippen molar-refractivity contribution in [3.8, 4) is 0 Å². The molecule has 2 fully saturated rings. The Hall–Kier alpha value is -0.900. The fourth-order valence-electron chi connectivity index (χ4n) is 3.11. The van der Waals surface area contributed by atoms with Crippen molar-refractivity contribution in [3.05, 3.63) is 35.9 Å². The summed E-state index contributed by atoms with van der Waals surface area (Å²) in [6, 6.07) is 12.0. The van der Waals surface area contributed by atoms with Gasteiger partial charge in [-0.3, -0.25) is 4.90 Å². The van der Waals surface area contributed by atoms with Crippen molar-refractivity contribution < 1.29 is 4.74 Å². The maximum Gasteiger partial charge on any atom is 0.0589 e. The summed E-state index contributed by atoms with van der Waals surface area (Å²) in [6.45, 7) is 4.07. The molecule has 104 valence electrons. The summed E-state index contributed by atoms with van der Waals surface area (Å²) in [5, 5.41) is 3.75. The van der Waals surface area contributed by atoms with Gasteiger partial charge in [0.1, 0.15) is 0 Å². The molecule has 19 heavy (non-hydrogen) atoms. The lowest BCUT2D eigenvalue weighted by molar-refractivity contribution is 0.0818. The molecule has 1 aromatic carbocycles. The molecule has 1 saturated carbocycles. The van der Waals surface area contributed by atoms with E-state index in [9.17, 15) is 0 Å². The SMILES string of the molecule is COCCN1CC(C2CC2)NCC1c1ccccc1. The minimum Gasteiger partial charge on any atom is -0.383 e. The maximum atomic E-state index is 5.28. The standard InChI is InChI=1S/C16H24N2O/c1-19-10-9-18-12-15(13-7-8-13)17-11-16(18)14-5-3-2-4-6-14/h2-6,13,15-17H,7-12H2,1H3. The predicted octanol–water partition coefficient (Wildman–Crippen LogP) is 2.06. The second kappa shape index (κ2) is 6.04. The minimum atomic E-state index is 0.492. The molecule has 1 heterocycles. The lowest BCUT2D eigenvalue weighted by atomic mass is 9.99. The first kappa shape index (κ1) is 13.1. The molecule has 1 aromatic rings. The van der Waals surface area contributed by atoms with Crippen molar-refractivity contribution in [2.75, 3.05) is 33.4 Å². The van der Waals surface area contributed by atoms with E-state index in [1.165, 1.54) is 18.4 Å². The number of piperazine rings is 1. The molecule has 0 amide bonds. The number of methoxy groups -OCH3 is 1. The summed E-state index contributed by atoms with van der Waals surface area (Å²) < 4.78 is 5.28. The third-order valence-electron chi connectivity index (χ3n) is 4.40. The summed E-state index contributed by atoms with van der Waals surface area (Å²) in [7, 11) is 1.79. The van der Waals surface area contributed by atoms with Gasteiger partial charge in [0, 0.05) is 38.8 Å². The molecule has 3 rings (SSSR count). The van der Waals surface area contributed by atoms with Gasteiger partial charge in [-0.1, -0.05) is 30.3 Å². The van der Waals surface area contributed by atoms with Gasteiger partial charge in [-0.25, -0.2) is 0 Å². The topological polar surface area (TPSA) is 24.5 Å². The zero-order valence-electron chi connectivity index (χ0n) is 11.7. The Labute approximate surface area is 115 Å². The Kier molecular flexibility index (Phi) is 4.16. The Morgan fingerprint density at radius 2 is 2.05 bits per heavy atom. The molecule has 2 aliphatic rings. The van der Waals surface area contributed by atoms with Crippen LogP contribution in [0.1, 0.15) is 24.4 Å². The van der Waals surface area contributed by atoms with Crippen LogP contribution in [0.2, 0.25) is 0 Å². The van der Waals surface area contributed by atoms with E-state index >= 15 is 0 Å². The van der Waals surface area contributed by atoms with Crippen LogP contribution < -0.4 is 5.32 Å². The van der Waals surface area contributed by atoms with E-state index in [0.717, 1.165) is 32.2 Å². The molecule has 0 spiro atoms. The molecule has 2 atom stereocenters. The van der Waals surface area contributed by atoms with Crippen molar-refractivity contribution in [1.29, 1.82) is 0 Å². The van der Waals surface area contributed by atoms with E-state index < -0.39 is 0 Å². The molecule has 1 N–H and O–H groups in total. The van der Waals surface area contributed by atoms with Crippen LogP contribution in [0.5, 0.6) is 0 Å². The van der Waals surface area contributed by atoms with Crippen LogP contribution in [0.25, 0.3) is 0 Å². The van der Waals surface area contributed by atoms with Gasteiger partial charge in [-0.2, -0.15) is 0 Å². The van der Waals surface area contributed by atoms with E-state index in [1.807, 2.05) is 0 Å². The normalized spacial score (nSPS) is 28.5. The average molecular weight is 260 g/mol. The largest absolute Gasteiger partial charge is 0.383 e. The van der Waals surface area contributed by atoms with Crippen LogP contribution >= 0.6 is 0 Å². The Morgan fingerprint density at radius 1 is 1.26 bits per heavy atom. The second-order valence-corrected chi connectivity index (χ2v) is 5.77. The lowest BCUT2D eigenvalue weighted by Gasteiger charge is -2.41. The number of rotatable bonds is 5. The van der Waals surface area contributed by atoms with Gasteiger partial charge in [0.2, 0.25) is 0 Å². The Balaban J connectivity index is 1.70. The van der Waals surface area contributed by atoms with Gasteiger partial charge in [0.25, 0.3) is 0 Å². The first-order valence-electron chi connectivity index (χ1n) is 7.40. The van der Waals surface area contributed by atoms with Crippen LogP contribution in [-0.4, -0.2) is 44.3 Å². The highest BCUT2D eigenvalue weighted by atomic mass is 16.5. The molecule has 1 saturated heterocycles. The fourth-order valence-corrected chi connectivity index (χ4v) is 3.11. The predicted molar refractivity (Wildman–Crippen MR) is 77.1 cm³/mol. The summed E-state index contributed by atoms with van der Waals surface area (Å²) in [6.07, 6.45) is 2.82. The van der Waals surface area contributed by atoms with E-state index in [1.54, 1.807) is 7.11 Å². The second-order valence-electron chi connectivity index (χ2n) is 5.77. The van der Waals surface area contributed by atoms with E-state index in [0.29, 0.717) is 12.1 Å². The third-order valence-corrected chi connectivity index (χ3v) is 4.40. The maximum absolute atomic E-state index is 5.28. The highest BCUT2D eigenvalue weighted by molar-refractivity contribution is 5.20. The summed E-state index contributed by atoms with van der Waals surface area (Å²) in [5.41, 5.74) is 1.42. The summed E-state index contributed by atoms with van der Waals surface area (Å²) >= 11 is 0. The molecule has 0 bridgehead atoms. The Bertz CT molecular complexity index is 391. The van der Waals surface area contributed by atoms with Crippen molar-refractivity contribution in [3.63, 3.8) is 0 Å². The van der Waals surface area contributed by atoms with Crippen LogP contribution in [0.4, 0.5) is 0 Å². The average Bonchev–Trinajstić information content (AvgIpc) is 3.30. The zero-order valence-corrected chi connectivity index (χ0v) is 11.7. The van der Waals surface area contributed by atoms with E-state index in [-0.39, 0.29) is 0 Å². The van der Waals surface area contributed by atoms with Gasteiger partial charge >= 0.3 is 0 Å². The highest BCUT2D eigenvalue weighted by Crippen LogP contribution is 2.36. The van der Waals surface area contributed by atoms with E-state index in [4.69, 9.17) is 4.74 Å². The molecular formula is C16H24N2O. The molecule has 0 radical (unpaired) electrons. The van der Waals surface area contributed by atoms with Crippen molar-refractivity contribution in [1.82, 2.24) is 10.2 Å². The Morgan fingerprint density at radius 3 is 2.74 bits per heavy atom. The quantitative estimate of drug-likeness (QED) is 0.877. The van der Waals surface area contributed by atoms with Gasteiger partial charge < -0.3 is 10.1 Å². The van der Waals surface area contributed by atoms with Crippen molar-refractivity contribution in [2.24, 2.45) is 5.92 Å². The molecular weight excluding hydrogens is 236 g/mol. The number of nitrogens with zero attached hydrogens (tertiary/aromatic N) is 1. The molecule has 1 aliphatic heterocycles. The molecule has 0 aromatic heterocycles. The summed E-state index contributed by atoms with van der Waals surface area (Å²) in [4.78, 5) is 2.60. The number of hydrogen-bond donors (Lipinski definition) is 1. The zero-order chi connectivity index (χ0) is 13.1. The first-order chi connectivity index (χ1) is 9.38. The number of nitrogens with one attached hydrogen (secondary N) is 1. The van der Waals surface area contributed by atoms with Crippen molar-refractivity contribution in [2.45, 2.75) is 24.9 Å². The smallest absolute Gasteiger partial charge is 0.0589 e. The molecule has 3 nitrogen and oxygen atoms in total. The number of benzene rings is 1. The molecule has 3 heteroatoms. The molecule has 1 aliphatic carbocycles. The van der Waals surface area contributed by atoms with E-state index in [2.05, 4.69) is 40.5 Å². The van der Waals surface area contributed by atoms with Gasteiger partial charge in [-0.05, 0) is 24.3 Å². The van der Waals surface area contributed by atoms with Gasteiger partial charge in [0.15, 0.2) is 0 Å². The van der Waals surface area contributed by atoms with Gasteiger partial charge in [-0.15, -0.1) is 0 Å². The molecule has 2 unspecified atom stereocenters. The summed E-state index contributed by atoms with van der Waals surface area (Å²) in [5.74, 6) is 0.918. The van der Waals surface area contributed by atoms with Crippen LogP contribution in [-0.2, 0) is 4.74 Å². The van der Waals surface area contributed by atoms with Crippen LogP contribution in [0, 0.1) is 5.92 Å². The van der Waals surface area contributed by atoms with Crippen LogP contribution in [0.3, 0.4) is 0 Å². The first-order valence-corrected chi connectivity index (χ1v) is 7.40. The monoisotopic (exact) mass is 260 g/mol. The lowest BCUT2D eigenvalue weighted by Crippen LogP contribution is -2.53.